The average Bonchev–Trinajstić information content (AvgIpc) is 2.72. The molecule has 1 heterocycles. The van der Waals surface area contributed by atoms with Crippen molar-refractivity contribution in [2.45, 2.75) is 13.3 Å². The Morgan fingerprint density at radius 2 is 1.93 bits per heavy atom. The number of para-hydroxylation sites is 1. The van der Waals surface area contributed by atoms with Crippen LogP contribution < -0.4 is 15.4 Å². The first-order chi connectivity index (χ1) is 13.6. The molecule has 1 amide bonds. The lowest BCUT2D eigenvalue weighted by Crippen LogP contribution is -2.15. The van der Waals surface area contributed by atoms with E-state index in [9.17, 15) is 4.79 Å². The first-order valence-electron chi connectivity index (χ1n) is 8.82. The van der Waals surface area contributed by atoms with Crippen LogP contribution in [0.1, 0.15) is 21.6 Å². The highest BCUT2D eigenvalue weighted by Gasteiger charge is 2.11. The van der Waals surface area contributed by atoms with Gasteiger partial charge in [-0.3, -0.25) is 4.79 Å². The van der Waals surface area contributed by atoms with E-state index < -0.39 is 0 Å². The van der Waals surface area contributed by atoms with Crippen molar-refractivity contribution in [3.8, 4) is 5.75 Å². The summed E-state index contributed by atoms with van der Waals surface area (Å²) in [7, 11) is 1.66. The predicted octanol–water partition coefficient (Wildman–Crippen LogP) is 4.35. The van der Waals surface area contributed by atoms with E-state index in [0.717, 1.165) is 23.3 Å². The molecule has 0 fully saturated rings. The second-order valence-corrected chi connectivity index (χ2v) is 6.55. The third kappa shape index (κ3) is 4.78. The lowest BCUT2D eigenvalue weighted by Gasteiger charge is -2.10. The maximum absolute atomic E-state index is 12.4. The van der Waals surface area contributed by atoms with E-state index in [1.807, 2.05) is 31.2 Å². The zero-order valence-corrected chi connectivity index (χ0v) is 16.5. The number of carbonyl (C=O) groups excluding carboxylic acids is 1. The van der Waals surface area contributed by atoms with Crippen molar-refractivity contribution in [3.63, 3.8) is 0 Å². The largest absolute Gasteiger partial charge is 0.496 e. The fraction of sp³-hybridized carbons (Fsp3) is 0.190. The number of carbonyl (C=O) groups is 1. The molecule has 0 bridgehead atoms. The molecule has 0 saturated carbocycles. The van der Waals surface area contributed by atoms with E-state index >= 15 is 0 Å². The second kappa shape index (κ2) is 9.19. The molecule has 0 unspecified atom stereocenters. The number of methoxy groups -OCH3 is 1. The summed E-state index contributed by atoms with van der Waals surface area (Å²) in [6.07, 6.45) is 3.77. The summed E-state index contributed by atoms with van der Waals surface area (Å²) < 4.78 is 5.35. The number of hydrogen-bond acceptors (Lipinski definition) is 5. The Kier molecular flexibility index (Phi) is 6.45. The van der Waals surface area contributed by atoms with Gasteiger partial charge in [-0.25, -0.2) is 9.97 Å². The molecule has 1 aromatic heterocycles. The highest BCUT2D eigenvalue weighted by atomic mass is 35.5. The third-order valence-corrected chi connectivity index (χ3v) is 4.70. The van der Waals surface area contributed by atoms with Gasteiger partial charge in [-0.15, -0.1) is 0 Å². The monoisotopic (exact) mass is 396 g/mol. The Labute approximate surface area is 168 Å². The summed E-state index contributed by atoms with van der Waals surface area (Å²) in [6.45, 7) is 2.51. The molecule has 0 spiro atoms. The van der Waals surface area contributed by atoms with E-state index in [1.165, 1.54) is 6.20 Å². The van der Waals surface area contributed by atoms with Gasteiger partial charge in [-0.1, -0.05) is 35.9 Å². The van der Waals surface area contributed by atoms with Gasteiger partial charge in [0.25, 0.3) is 5.91 Å². The van der Waals surface area contributed by atoms with Crippen LogP contribution in [0.15, 0.2) is 54.9 Å². The van der Waals surface area contributed by atoms with E-state index in [2.05, 4.69) is 20.6 Å². The number of anilines is 2. The summed E-state index contributed by atoms with van der Waals surface area (Å²) in [5, 5.41) is 6.60. The smallest absolute Gasteiger partial charge is 0.275 e. The Balaban J connectivity index is 1.57. The zero-order chi connectivity index (χ0) is 19.9. The normalized spacial score (nSPS) is 10.4. The minimum absolute atomic E-state index is 0.231. The number of ether oxygens (including phenoxy) is 1. The highest BCUT2D eigenvalue weighted by molar-refractivity contribution is 6.31. The molecule has 0 atom stereocenters. The number of halogens is 1. The summed E-state index contributed by atoms with van der Waals surface area (Å²) >= 11 is 6.08. The van der Waals surface area contributed by atoms with Crippen molar-refractivity contribution >= 4 is 29.0 Å². The molecule has 0 aliphatic carbocycles. The topological polar surface area (TPSA) is 76.1 Å². The summed E-state index contributed by atoms with van der Waals surface area (Å²) in [5.41, 5.74) is 2.80. The Hall–Kier alpha value is -3.12. The van der Waals surface area contributed by atoms with Crippen molar-refractivity contribution in [1.82, 2.24) is 9.97 Å². The van der Waals surface area contributed by atoms with Crippen molar-refractivity contribution in [2.24, 2.45) is 0 Å². The number of nitrogens with one attached hydrogen (secondary N) is 2. The van der Waals surface area contributed by atoms with Gasteiger partial charge in [0.15, 0.2) is 0 Å². The minimum Gasteiger partial charge on any atom is -0.496 e. The van der Waals surface area contributed by atoms with Crippen LogP contribution in [0.4, 0.5) is 11.5 Å². The van der Waals surface area contributed by atoms with E-state index in [1.54, 1.807) is 31.5 Å². The Morgan fingerprint density at radius 1 is 1.11 bits per heavy atom. The summed E-state index contributed by atoms with van der Waals surface area (Å²) in [5.74, 6) is 1.13. The maximum Gasteiger partial charge on any atom is 0.275 e. The van der Waals surface area contributed by atoms with Crippen molar-refractivity contribution in [1.29, 1.82) is 0 Å². The van der Waals surface area contributed by atoms with E-state index in [0.29, 0.717) is 23.1 Å². The van der Waals surface area contributed by atoms with Crippen LogP contribution in [0.3, 0.4) is 0 Å². The molecule has 28 heavy (non-hydrogen) atoms. The van der Waals surface area contributed by atoms with Crippen LogP contribution in [0.5, 0.6) is 5.75 Å². The molecule has 7 heteroatoms. The molecule has 0 aliphatic heterocycles. The molecule has 0 radical (unpaired) electrons. The molecule has 0 saturated heterocycles. The van der Waals surface area contributed by atoms with Crippen molar-refractivity contribution < 1.29 is 9.53 Å². The molecular weight excluding hydrogens is 376 g/mol. The molecule has 3 rings (SSSR count). The second-order valence-electron chi connectivity index (χ2n) is 6.14. The SMILES string of the molecule is COc1ccccc1CCNc1cnc(C(=O)Nc2cccc(Cl)c2C)cn1. The van der Waals surface area contributed by atoms with Gasteiger partial charge in [-0.05, 0) is 42.7 Å². The van der Waals surface area contributed by atoms with Gasteiger partial charge in [-0.2, -0.15) is 0 Å². The quantitative estimate of drug-likeness (QED) is 0.620. The molecule has 3 aromatic rings. The van der Waals surface area contributed by atoms with Gasteiger partial charge in [0, 0.05) is 17.3 Å². The maximum atomic E-state index is 12.4. The van der Waals surface area contributed by atoms with Gasteiger partial charge >= 0.3 is 0 Å². The van der Waals surface area contributed by atoms with Crippen molar-refractivity contribution in [3.05, 3.63) is 76.7 Å². The van der Waals surface area contributed by atoms with E-state index in [4.69, 9.17) is 16.3 Å². The van der Waals surface area contributed by atoms with Gasteiger partial charge in [0.2, 0.25) is 0 Å². The number of rotatable bonds is 7. The number of aromatic nitrogens is 2. The molecule has 144 valence electrons. The van der Waals surface area contributed by atoms with Crippen LogP contribution in [0.25, 0.3) is 0 Å². The van der Waals surface area contributed by atoms with Gasteiger partial charge in [0.1, 0.15) is 17.3 Å². The van der Waals surface area contributed by atoms with Crippen molar-refractivity contribution in [2.75, 3.05) is 24.3 Å². The number of hydrogen-bond donors (Lipinski definition) is 2. The molecular formula is C21H21ClN4O2. The van der Waals surface area contributed by atoms with Gasteiger partial charge in [0.05, 0.1) is 19.5 Å². The number of benzene rings is 2. The average molecular weight is 397 g/mol. The highest BCUT2D eigenvalue weighted by Crippen LogP contribution is 2.23. The Morgan fingerprint density at radius 3 is 2.68 bits per heavy atom. The fourth-order valence-electron chi connectivity index (χ4n) is 2.70. The summed E-state index contributed by atoms with van der Waals surface area (Å²) in [6, 6.07) is 13.2. The minimum atomic E-state index is -0.335. The number of amides is 1. The zero-order valence-electron chi connectivity index (χ0n) is 15.7. The Bertz CT molecular complexity index is 961. The van der Waals surface area contributed by atoms with Crippen LogP contribution in [0, 0.1) is 6.92 Å². The van der Waals surface area contributed by atoms with E-state index in [-0.39, 0.29) is 11.6 Å². The predicted molar refractivity (Wildman–Crippen MR) is 111 cm³/mol. The standard InChI is InChI=1S/C21H21ClN4O2/c1-14-16(22)7-5-8-17(14)26-21(27)18-12-25-20(13-24-18)23-11-10-15-6-3-4-9-19(15)28-2/h3-9,12-13H,10-11H2,1-2H3,(H,23,25)(H,26,27). The molecule has 6 nitrogen and oxygen atoms in total. The first-order valence-corrected chi connectivity index (χ1v) is 9.20. The number of nitrogens with zero attached hydrogens (tertiary/aromatic N) is 2. The lowest BCUT2D eigenvalue weighted by molar-refractivity contribution is 0.102. The third-order valence-electron chi connectivity index (χ3n) is 4.29. The van der Waals surface area contributed by atoms with Crippen LogP contribution in [-0.4, -0.2) is 29.5 Å². The lowest BCUT2D eigenvalue weighted by atomic mass is 10.1. The van der Waals surface area contributed by atoms with Crippen LogP contribution in [0.2, 0.25) is 5.02 Å². The van der Waals surface area contributed by atoms with Crippen LogP contribution in [-0.2, 0) is 6.42 Å². The first kappa shape index (κ1) is 19.6. The molecule has 2 N–H and O–H groups in total. The molecule has 0 aliphatic rings. The summed E-state index contributed by atoms with van der Waals surface area (Å²) in [4.78, 5) is 20.8. The molecule has 2 aromatic carbocycles. The van der Waals surface area contributed by atoms with Gasteiger partial charge < -0.3 is 15.4 Å². The van der Waals surface area contributed by atoms with Crippen LogP contribution >= 0.6 is 11.6 Å². The fourth-order valence-corrected chi connectivity index (χ4v) is 2.88.